The number of benzene rings is 2. The Bertz CT molecular complexity index is 1200. The Balaban J connectivity index is 1.67. The second-order valence-corrected chi connectivity index (χ2v) is 6.79. The number of hydrogen-bond acceptors (Lipinski definition) is 5. The number of primary amides is 1. The van der Waals surface area contributed by atoms with Gasteiger partial charge in [-0.3, -0.25) is 9.20 Å². The molecule has 8 heteroatoms. The van der Waals surface area contributed by atoms with E-state index < -0.39 is 5.91 Å². The van der Waals surface area contributed by atoms with E-state index in [0.717, 1.165) is 28.3 Å². The van der Waals surface area contributed by atoms with Crippen LogP contribution in [0, 0.1) is 0 Å². The normalized spacial score (nSPS) is 10.8. The minimum absolute atomic E-state index is 0.281. The summed E-state index contributed by atoms with van der Waals surface area (Å²) < 4.78 is 7.27. The maximum Gasteiger partial charge on any atom is 0.250 e. The van der Waals surface area contributed by atoms with Gasteiger partial charge in [-0.15, -0.1) is 10.2 Å². The lowest BCUT2D eigenvalue weighted by Crippen LogP contribution is -2.11. The molecule has 0 saturated carbocycles. The summed E-state index contributed by atoms with van der Waals surface area (Å²) >= 11 is 6.21. The molecule has 2 aromatic carbocycles. The van der Waals surface area contributed by atoms with Crippen molar-refractivity contribution in [1.29, 1.82) is 0 Å². The van der Waals surface area contributed by atoms with Crippen molar-refractivity contribution < 1.29 is 9.53 Å². The summed E-state index contributed by atoms with van der Waals surface area (Å²) in [4.78, 5) is 11.4. The van der Waals surface area contributed by atoms with Crippen molar-refractivity contribution in [2.24, 2.45) is 5.73 Å². The zero-order valence-electron chi connectivity index (χ0n) is 15.6. The van der Waals surface area contributed by atoms with E-state index in [1.54, 1.807) is 31.6 Å². The van der Waals surface area contributed by atoms with E-state index in [9.17, 15) is 4.79 Å². The standard InChI is InChI=1S/C21H18ClN5O2/c1-29-18-5-3-2-4-14(18)11-24-19-9-8-15(21-26-25-12-27(19)21)13-6-7-16(20(23)28)17(22)10-13/h2-10,12,24H,11H2,1H3,(H2,23,28). The lowest BCUT2D eigenvalue weighted by molar-refractivity contribution is 0.100. The third-order valence-corrected chi connectivity index (χ3v) is 4.97. The molecule has 4 aromatic rings. The van der Waals surface area contributed by atoms with Gasteiger partial charge in [0.15, 0.2) is 5.65 Å². The van der Waals surface area contributed by atoms with Crippen LogP contribution in [0.3, 0.4) is 0 Å². The fourth-order valence-corrected chi connectivity index (χ4v) is 3.47. The van der Waals surface area contributed by atoms with Crippen LogP contribution in [-0.2, 0) is 6.54 Å². The summed E-state index contributed by atoms with van der Waals surface area (Å²) in [5.41, 5.74) is 8.96. The largest absolute Gasteiger partial charge is 0.496 e. The van der Waals surface area contributed by atoms with Crippen LogP contribution in [0.5, 0.6) is 5.75 Å². The van der Waals surface area contributed by atoms with Crippen molar-refractivity contribution in [3.63, 3.8) is 0 Å². The second-order valence-electron chi connectivity index (χ2n) is 6.38. The Morgan fingerprint density at radius 2 is 2.03 bits per heavy atom. The third-order valence-electron chi connectivity index (χ3n) is 4.65. The fraction of sp³-hybridized carbons (Fsp3) is 0.0952. The second kappa shape index (κ2) is 7.81. The number of fused-ring (bicyclic) bond motifs is 1. The number of aromatic nitrogens is 3. The van der Waals surface area contributed by atoms with Crippen LogP contribution in [-0.4, -0.2) is 27.6 Å². The predicted molar refractivity (Wildman–Crippen MR) is 112 cm³/mol. The van der Waals surface area contributed by atoms with Crippen molar-refractivity contribution in [1.82, 2.24) is 14.6 Å². The molecule has 0 atom stereocenters. The van der Waals surface area contributed by atoms with E-state index in [2.05, 4.69) is 15.5 Å². The number of anilines is 1. The summed E-state index contributed by atoms with van der Waals surface area (Å²) in [6.45, 7) is 0.579. The maximum absolute atomic E-state index is 11.4. The van der Waals surface area contributed by atoms with Crippen LogP contribution in [0.2, 0.25) is 5.02 Å². The molecule has 0 saturated heterocycles. The Kier molecular flexibility index (Phi) is 5.05. The molecule has 2 aromatic heterocycles. The van der Waals surface area contributed by atoms with E-state index in [0.29, 0.717) is 17.2 Å². The van der Waals surface area contributed by atoms with E-state index >= 15 is 0 Å². The Labute approximate surface area is 172 Å². The molecule has 2 heterocycles. The molecule has 0 radical (unpaired) electrons. The fourth-order valence-electron chi connectivity index (χ4n) is 3.20. The monoisotopic (exact) mass is 407 g/mol. The minimum Gasteiger partial charge on any atom is -0.496 e. The Morgan fingerprint density at radius 1 is 1.21 bits per heavy atom. The number of pyridine rings is 1. The van der Waals surface area contributed by atoms with E-state index in [4.69, 9.17) is 22.1 Å². The molecule has 0 aliphatic heterocycles. The van der Waals surface area contributed by atoms with Gasteiger partial charge < -0.3 is 15.8 Å². The Hall–Kier alpha value is -3.58. The number of hydrogen-bond donors (Lipinski definition) is 2. The average molecular weight is 408 g/mol. The van der Waals surface area contributed by atoms with Crippen LogP contribution in [0.1, 0.15) is 15.9 Å². The molecule has 0 aliphatic rings. The minimum atomic E-state index is -0.565. The van der Waals surface area contributed by atoms with Gasteiger partial charge in [-0.2, -0.15) is 0 Å². The molecule has 29 heavy (non-hydrogen) atoms. The van der Waals surface area contributed by atoms with Crippen molar-refractivity contribution in [2.75, 3.05) is 12.4 Å². The molecule has 0 bridgehead atoms. The van der Waals surface area contributed by atoms with E-state index in [-0.39, 0.29) is 5.56 Å². The van der Waals surface area contributed by atoms with Crippen molar-refractivity contribution in [3.05, 3.63) is 77.1 Å². The SMILES string of the molecule is COc1ccccc1CNc1ccc(-c2ccc(C(N)=O)c(Cl)c2)c2nncn12. The number of nitrogens with one attached hydrogen (secondary N) is 1. The van der Waals surface area contributed by atoms with Gasteiger partial charge in [0.2, 0.25) is 5.91 Å². The number of methoxy groups -OCH3 is 1. The highest BCUT2D eigenvalue weighted by Crippen LogP contribution is 2.30. The summed E-state index contributed by atoms with van der Waals surface area (Å²) in [6.07, 6.45) is 1.64. The van der Waals surface area contributed by atoms with Crippen LogP contribution in [0.4, 0.5) is 5.82 Å². The maximum atomic E-state index is 11.4. The molecular weight excluding hydrogens is 390 g/mol. The van der Waals surface area contributed by atoms with Gasteiger partial charge in [-0.05, 0) is 35.9 Å². The number of ether oxygens (including phenoxy) is 1. The molecule has 3 N–H and O–H groups in total. The molecule has 0 unspecified atom stereocenters. The number of nitrogens with zero attached hydrogens (tertiary/aromatic N) is 3. The zero-order chi connectivity index (χ0) is 20.4. The number of carbonyl (C=O) groups is 1. The first kappa shape index (κ1) is 18.8. The predicted octanol–water partition coefficient (Wildman–Crippen LogP) is 3.77. The van der Waals surface area contributed by atoms with Gasteiger partial charge in [0, 0.05) is 17.7 Å². The van der Waals surface area contributed by atoms with E-state index in [1.807, 2.05) is 40.8 Å². The molecule has 146 valence electrons. The van der Waals surface area contributed by atoms with Crippen LogP contribution in [0.25, 0.3) is 16.8 Å². The van der Waals surface area contributed by atoms with Crippen LogP contribution < -0.4 is 15.8 Å². The molecule has 7 nitrogen and oxygen atoms in total. The molecule has 0 spiro atoms. The molecule has 4 rings (SSSR count). The number of carbonyl (C=O) groups excluding carboxylic acids is 1. The molecule has 0 fully saturated rings. The van der Waals surface area contributed by atoms with E-state index in [1.165, 1.54) is 0 Å². The first-order chi connectivity index (χ1) is 14.1. The molecule has 1 amide bonds. The summed E-state index contributed by atoms with van der Waals surface area (Å²) in [7, 11) is 1.65. The first-order valence-electron chi connectivity index (χ1n) is 8.86. The van der Waals surface area contributed by atoms with Crippen LogP contribution >= 0.6 is 11.6 Å². The van der Waals surface area contributed by atoms with Gasteiger partial charge in [0.1, 0.15) is 17.9 Å². The highest BCUT2D eigenvalue weighted by Gasteiger charge is 2.13. The summed E-state index contributed by atoms with van der Waals surface area (Å²) in [6, 6.07) is 16.8. The number of amides is 1. The van der Waals surface area contributed by atoms with Crippen LogP contribution in [0.15, 0.2) is 60.9 Å². The lowest BCUT2D eigenvalue weighted by Gasteiger charge is -2.13. The zero-order valence-corrected chi connectivity index (χ0v) is 16.3. The quantitative estimate of drug-likeness (QED) is 0.507. The smallest absolute Gasteiger partial charge is 0.250 e. The topological polar surface area (TPSA) is 94.5 Å². The van der Waals surface area contributed by atoms with Crippen molar-refractivity contribution in [3.8, 4) is 16.9 Å². The third kappa shape index (κ3) is 3.60. The van der Waals surface area contributed by atoms with Crippen molar-refractivity contribution in [2.45, 2.75) is 6.54 Å². The molecule has 0 aliphatic carbocycles. The lowest BCUT2D eigenvalue weighted by atomic mass is 10.0. The summed E-state index contributed by atoms with van der Waals surface area (Å²) in [5, 5.41) is 12.0. The van der Waals surface area contributed by atoms with Crippen molar-refractivity contribution >= 4 is 29.0 Å². The highest BCUT2D eigenvalue weighted by molar-refractivity contribution is 6.34. The van der Waals surface area contributed by atoms with Gasteiger partial charge in [0.25, 0.3) is 0 Å². The Morgan fingerprint density at radius 3 is 2.79 bits per heavy atom. The van der Waals surface area contributed by atoms with Gasteiger partial charge >= 0.3 is 0 Å². The number of nitrogens with two attached hydrogens (primary N) is 1. The van der Waals surface area contributed by atoms with Gasteiger partial charge in [0.05, 0.1) is 17.7 Å². The highest BCUT2D eigenvalue weighted by atomic mass is 35.5. The first-order valence-corrected chi connectivity index (χ1v) is 9.24. The molecular formula is C21H18ClN5O2. The summed E-state index contributed by atoms with van der Waals surface area (Å²) in [5.74, 6) is 1.09. The number of halogens is 1. The number of rotatable bonds is 6. The van der Waals surface area contributed by atoms with Gasteiger partial charge in [-0.1, -0.05) is 35.9 Å². The number of para-hydroxylation sites is 1. The van der Waals surface area contributed by atoms with Gasteiger partial charge in [-0.25, -0.2) is 0 Å². The average Bonchev–Trinajstić information content (AvgIpc) is 3.22.